The van der Waals surface area contributed by atoms with Gasteiger partial charge in [0.15, 0.2) is 0 Å². The fraction of sp³-hybridized carbons (Fsp3) is 1.00. The van der Waals surface area contributed by atoms with Gasteiger partial charge in [0, 0.05) is 0 Å². The van der Waals surface area contributed by atoms with Crippen LogP contribution in [0.15, 0.2) is 0 Å². The molecule has 0 aliphatic heterocycles. The molecule has 0 spiro atoms. The molecule has 0 unspecified atom stereocenters. The van der Waals surface area contributed by atoms with E-state index in [0.29, 0.717) is 19.8 Å². The van der Waals surface area contributed by atoms with E-state index >= 15 is 0 Å². The topological polar surface area (TPSA) is 36.9 Å². The standard InChI is InChI=1S/C10H21O4.Ti/c1-6-12-9(4,5)10(11,13-7-2)14-8-3;/h6-8H2,1-5H3;/q-1;+1. The van der Waals surface area contributed by atoms with Crippen molar-refractivity contribution in [1.29, 1.82) is 0 Å². The Morgan fingerprint density at radius 1 is 0.867 bits per heavy atom. The van der Waals surface area contributed by atoms with Crippen LogP contribution in [0.25, 0.3) is 0 Å². The molecular weight excluding hydrogens is 232 g/mol. The molecule has 0 heterocycles. The first kappa shape index (κ1) is 15.6. The van der Waals surface area contributed by atoms with Crippen LogP contribution in [-0.2, 0) is 38.4 Å². The monoisotopic (exact) mass is 253 g/mol. The van der Waals surface area contributed by atoms with Gasteiger partial charge in [0.2, 0.25) is 0 Å². The van der Waals surface area contributed by atoms with E-state index in [1.165, 1.54) is 0 Å². The Morgan fingerprint density at radius 3 is 1.53 bits per heavy atom. The van der Waals surface area contributed by atoms with Crippen molar-refractivity contribution in [2.24, 2.45) is 0 Å². The summed E-state index contributed by atoms with van der Waals surface area (Å²) in [5.74, 6) is -1.13. The van der Waals surface area contributed by atoms with Crippen molar-refractivity contribution in [1.82, 2.24) is 0 Å². The molecule has 0 bridgehead atoms. The second-order valence-corrected chi connectivity index (χ2v) is 3.79. The molecule has 0 aromatic carbocycles. The Bertz CT molecular complexity index is 167. The first-order valence-corrected chi connectivity index (χ1v) is 5.90. The molecule has 0 saturated heterocycles. The number of rotatable bonds is 8. The summed E-state index contributed by atoms with van der Waals surface area (Å²) < 4.78 is 22.1. The number of ether oxygens (including phenoxy) is 3. The Balaban J connectivity index is 4.84. The van der Waals surface area contributed by atoms with Gasteiger partial charge in [-0.3, -0.25) is 0 Å². The van der Waals surface area contributed by atoms with Gasteiger partial charge >= 0.3 is 104 Å². The van der Waals surface area contributed by atoms with Crippen molar-refractivity contribution >= 4 is 0 Å². The molecule has 0 N–H and O–H groups in total. The van der Waals surface area contributed by atoms with E-state index in [9.17, 15) is 0 Å². The third-order valence-electron chi connectivity index (χ3n) is 2.05. The summed E-state index contributed by atoms with van der Waals surface area (Å²) in [5.41, 5.74) is -0.650. The third kappa shape index (κ3) is 3.80. The fourth-order valence-electron chi connectivity index (χ4n) is 1.40. The molecule has 0 radical (unpaired) electrons. The van der Waals surface area contributed by atoms with E-state index < -0.39 is 11.6 Å². The van der Waals surface area contributed by atoms with Crippen LogP contribution in [0.2, 0.25) is 0 Å². The molecular formula is C10H21O4Ti. The average molecular weight is 253 g/mol. The summed E-state index contributed by atoms with van der Waals surface area (Å²) in [4.78, 5) is 0. The molecule has 0 rings (SSSR count). The summed E-state index contributed by atoms with van der Waals surface area (Å²) in [5, 5.41) is 0. The second-order valence-electron chi connectivity index (χ2n) is 3.47. The maximum atomic E-state index is 5.62. The summed E-state index contributed by atoms with van der Waals surface area (Å²) in [6.45, 7) is 11.1. The molecule has 89 valence electrons. The first-order chi connectivity index (χ1) is 6.99. The Labute approximate surface area is 104 Å². The quantitative estimate of drug-likeness (QED) is 0.489. The van der Waals surface area contributed by atoms with Crippen molar-refractivity contribution < 1.29 is 38.4 Å². The molecule has 0 amide bonds. The van der Waals surface area contributed by atoms with Crippen molar-refractivity contribution in [3.63, 3.8) is 0 Å². The van der Waals surface area contributed by atoms with Crippen molar-refractivity contribution in [3.05, 3.63) is 0 Å². The van der Waals surface area contributed by atoms with Crippen LogP contribution in [0.1, 0.15) is 34.6 Å². The normalized spacial score (nSPS) is 13.1. The predicted molar refractivity (Wildman–Crippen MR) is 52.8 cm³/mol. The van der Waals surface area contributed by atoms with Crippen LogP contribution in [0, 0.1) is 0 Å². The minimum absolute atomic E-state index is 0.504. The molecule has 0 atom stereocenters. The Kier molecular flexibility index (Phi) is 7.25. The van der Waals surface area contributed by atoms with E-state index in [-0.39, 0.29) is 0 Å². The molecule has 0 aliphatic rings. The SMILES string of the molecule is CCOC(C)(C)C([O][Ti])(OCC)OCC. The predicted octanol–water partition coefficient (Wildman–Crippen LogP) is 2.01. The molecule has 4 nitrogen and oxygen atoms in total. The molecule has 15 heavy (non-hydrogen) atoms. The average Bonchev–Trinajstić information content (AvgIpc) is 2.17. The van der Waals surface area contributed by atoms with Gasteiger partial charge in [-0.15, -0.1) is 0 Å². The van der Waals surface area contributed by atoms with Gasteiger partial charge in [0.1, 0.15) is 0 Å². The van der Waals surface area contributed by atoms with E-state index in [1.807, 2.05) is 34.6 Å². The summed E-state index contributed by atoms with van der Waals surface area (Å²) in [6.07, 6.45) is 0. The molecule has 5 heteroatoms. The van der Waals surface area contributed by atoms with Crippen molar-refractivity contribution in [2.45, 2.75) is 46.2 Å². The summed E-state index contributed by atoms with van der Waals surface area (Å²) in [7, 11) is 0. The fourth-order valence-corrected chi connectivity index (χ4v) is 1.97. The molecule has 0 saturated carbocycles. The molecule has 0 aromatic heterocycles. The van der Waals surface area contributed by atoms with E-state index in [4.69, 9.17) is 17.5 Å². The van der Waals surface area contributed by atoms with Crippen molar-refractivity contribution in [3.8, 4) is 0 Å². The van der Waals surface area contributed by atoms with Crippen LogP contribution in [0.4, 0.5) is 0 Å². The van der Waals surface area contributed by atoms with Crippen LogP contribution in [0.3, 0.4) is 0 Å². The van der Waals surface area contributed by atoms with Gasteiger partial charge in [-0.25, -0.2) is 0 Å². The Morgan fingerprint density at radius 2 is 1.27 bits per heavy atom. The zero-order valence-corrected chi connectivity index (χ0v) is 11.8. The van der Waals surface area contributed by atoms with E-state index in [0.717, 1.165) is 0 Å². The molecule has 0 aromatic rings. The van der Waals surface area contributed by atoms with E-state index in [1.54, 1.807) is 20.8 Å². The maximum absolute atomic E-state index is 5.62. The Hall–Kier alpha value is 0.554. The zero-order chi connectivity index (χ0) is 11.9. The van der Waals surface area contributed by atoms with Gasteiger partial charge in [-0.1, -0.05) is 0 Å². The van der Waals surface area contributed by atoms with Gasteiger partial charge in [-0.05, 0) is 0 Å². The van der Waals surface area contributed by atoms with Gasteiger partial charge < -0.3 is 0 Å². The van der Waals surface area contributed by atoms with Crippen LogP contribution in [0.5, 0.6) is 0 Å². The van der Waals surface area contributed by atoms with Gasteiger partial charge in [0.05, 0.1) is 0 Å². The van der Waals surface area contributed by atoms with Gasteiger partial charge in [0.25, 0.3) is 0 Å². The van der Waals surface area contributed by atoms with Crippen LogP contribution < -0.4 is 0 Å². The number of hydrogen-bond acceptors (Lipinski definition) is 4. The first-order valence-electron chi connectivity index (χ1n) is 5.26. The summed E-state index contributed by atoms with van der Waals surface area (Å²) >= 11 is 1.56. The third-order valence-corrected chi connectivity index (χ3v) is 2.47. The minimum atomic E-state index is -1.13. The van der Waals surface area contributed by atoms with Crippen LogP contribution >= 0.6 is 0 Å². The zero-order valence-electron chi connectivity index (χ0n) is 10.3. The second kappa shape index (κ2) is 6.99. The van der Waals surface area contributed by atoms with Crippen LogP contribution in [-0.4, -0.2) is 31.4 Å². The van der Waals surface area contributed by atoms with Gasteiger partial charge in [-0.2, -0.15) is 0 Å². The molecule has 0 aliphatic carbocycles. The van der Waals surface area contributed by atoms with E-state index in [2.05, 4.69) is 0 Å². The molecule has 0 fully saturated rings. The van der Waals surface area contributed by atoms with Crippen molar-refractivity contribution in [2.75, 3.05) is 19.8 Å². The summed E-state index contributed by atoms with van der Waals surface area (Å²) in [6, 6.07) is 0. The number of hydrogen-bond donors (Lipinski definition) is 0.